The van der Waals surface area contributed by atoms with E-state index in [-0.39, 0.29) is 23.9 Å². The Bertz CT molecular complexity index is 921. The first kappa shape index (κ1) is 23.2. The number of esters is 1. The van der Waals surface area contributed by atoms with Gasteiger partial charge in [-0.15, -0.1) is 0 Å². The van der Waals surface area contributed by atoms with Crippen molar-refractivity contribution in [1.82, 2.24) is 4.90 Å². The molecule has 0 amide bonds. The zero-order chi connectivity index (χ0) is 22.9. The number of carbonyl (C=O) groups excluding carboxylic acids is 1. The van der Waals surface area contributed by atoms with E-state index < -0.39 is 11.9 Å². The van der Waals surface area contributed by atoms with Crippen molar-refractivity contribution in [2.45, 2.75) is 24.9 Å². The van der Waals surface area contributed by atoms with Crippen LogP contribution in [0, 0.1) is 5.92 Å². The molecule has 7 heteroatoms. The van der Waals surface area contributed by atoms with Crippen LogP contribution in [0.1, 0.15) is 36.0 Å². The predicted octanol–water partition coefficient (Wildman–Crippen LogP) is 3.49. The number of hydrogen-bond donors (Lipinski definition) is 2. The molecule has 168 valence electrons. The van der Waals surface area contributed by atoms with Crippen molar-refractivity contribution in [2.24, 2.45) is 5.92 Å². The maximum Gasteiger partial charge on any atom is 0.328 e. The normalized spacial score (nSPS) is 22.9. The van der Waals surface area contributed by atoms with Gasteiger partial charge in [0.1, 0.15) is 6.10 Å². The van der Waals surface area contributed by atoms with Crippen molar-refractivity contribution in [3.63, 3.8) is 0 Å². The molecule has 0 saturated carbocycles. The molecule has 7 nitrogen and oxygen atoms in total. The number of cyclic esters (lactones) is 1. The van der Waals surface area contributed by atoms with Gasteiger partial charge >= 0.3 is 17.9 Å². The molecule has 2 aromatic rings. The second kappa shape index (κ2) is 11.2. The summed E-state index contributed by atoms with van der Waals surface area (Å²) in [6.45, 7) is 3.00. The molecular weight excluding hydrogens is 410 g/mol. The zero-order valence-corrected chi connectivity index (χ0v) is 17.7. The third-order valence-corrected chi connectivity index (χ3v) is 5.64. The molecule has 4 rings (SSSR count). The quantitative estimate of drug-likeness (QED) is 0.527. The highest BCUT2D eigenvalue weighted by Gasteiger charge is 2.46. The third-order valence-electron chi connectivity index (χ3n) is 5.64. The molecule has 0 aliphatic carbocycles. The fraction of sp³-hybridized carbons (Fsp3) is 0.320. The molecule has 2 aliphatic rings. The maximum absolute atomic E-state index is 12.7. The van der Waals surface area contributed by atoms with Crippen molar-refractivity contribution in [3.05, 3.63) is 83.9 Å². The highest BCUT2D eigenvalue weighted by atomic mass is 16.6. The number of carbonyl (C=O) groups is 3. The number of nitrogens with zero attached hydrogens (tertiary/aromatic N) is 1. The van der Waals surface area contributed by atoms with Gasteiger partial charge in [0.15, 0.2) is 0 Å². The van der Waals surface area contributed by atoms with Crippen LogP contribution in [0.15, 0.2) is 72.8 Å². The Hall–Kier alpha value is -3.45. The van der Waals surface area contributed by atoms with Crippen molar-refractivity contribution in [3.8, 4) is 0 Å². The van der Waals surface area contributed by atoms with E-state index in [0.717, 1.165) is 25.2 Å². The van der Waals surface area contributed by atoms with E-state index in [0.29, 0.717) is 12.2 Å². The first-order chi connectivity index (χ1) is 15.5. The molecule has 2 saturated heterocycles. The molecule has 0 spiro atoms. The Morgan fingerprint density at radius 1 is 0.875 bits per heavy atom. The number of aliphatic carboxylic acids is 2. The lowest BCUT2D eigenvalue weighted by Crippen LogP contribution is -2.31. The molecule has 2 N–H and O–H groups in total. The standard InChI is InChI=1S/C21H23NO2.C4H4O4/c23-21-18(15-22-13-7-8-14-22)19(16-9-3-1-4-10-16)20(24-21)17-11-5-2-6-12-17;5-3(6)1-2-4(7)8/h1-6,9-12,18-20H,7-8,13-15H2;1-2H,(H,5,6)(H,7,8)/b;2-1+/t18-,19+,20+;/m0./s1. The van der Waals surface area contributed by atoms with Crippen LogP contribution in [-0.2, 0) is 19.1 Å². The Balaban J connectivity index is 0.000000312. The maximum atomic E-state index is 12.7. The van der Waals surface area contributed by atoms with E-state index in [9.17, 15) is 14.4 Å². The van der Waals surface area contributed by atoms with E-state index in [1.165, 1.54) is 18.4 Å². The van der Waals surface area contributed by atoms with Crippen LogP contribution in [0.4, 0.5) is 0 Å². The molecule has 0 radical (unpaired) electrons. The van der Waals surface area contributed by atoms with Gasteiger partial charge in [-0.25, -0.2) is 9.59 Å². The lowest BCUT2D eigenvalue weighted by Gasteiger charge is -2.25. The molecule has 3 atom stereocenters. The fourth-order valence-corrected chi connectivity index (χ4v) is 4.22. The van der Waals surface area contributed by atoms with Gasteiger partial charge in [-0.3, -0.25) is 4.79 Å². The average molecular weight is 437 g/mol. The predicted molar refractivity (Wildman–Crippen MR) is 118 cm³/mol. The molecular formula is C25H27NO6. The summed E-state index contributed by atoms with van der Waals surface area (Å²) >= 11 is 0. The van der Waals surface area contributed by atoms with E-state index in [2.05, 4.69) is 29.2 Å². The summed E-state index contributed by atoms with van der Waals surface area (Å²) in [6, 6.07) is 20.5. The van der Waals surface area contributed by atoms with E-state index in [1.807, 2.05) is 36.4 Å². The van der Waals surface area contributed by atoms with Crippen LogP contribution in [0.25, 0.3) is 0 Å². The van der Waals surface area contributed by atoms with Gasteiger partial charge in [0.25, 0.3) is 0 Å². The minimum Gasteiger partial charge on any atom is -0.478 e. The Labute approximate surface area is 186 Å². The molecule has 0 aromatic heterocycles. The van der Waals surface area contributed by atoms with Gasteiger partial charge in [0.2, 0.25) is 0 Å². The Kier molecular flexibility index (Phi) is 8.16. The summed E-state index contributed by atoms with van der Waals surface area (Å²) in [5, 5.41) is 15.6. The molecule has 2 aliphatic heterocycles. The number of benzene rings is 2. The number of likely N-dealkylation sites (tertiary alicyclic amines) is 1. The van der Waals surface area contributed by atoms with Crippen molar-refractivity contribution in [1.29, 1.82) is 0 Å². The van der Waals surface area contributed by atoms with Gasteiger partial charge in [-0.05, 0) is 37.1 Å². The summed E-state index contributed by atoms with van der Waals surface area (Å²) in [5.41, 5.74) is 2.28. The van der Waals surface area contributed by atoms with Gasteiger partial charge < -0.3 is 19.8 Å². The van der Waals surface area contributed by atoms with Gasteiger partial charge in [-0.1, -0.05) is 60.7 Å². The number of ether oxygens (including phenoxy) is 1. The summed E-state index contributed by atoms with van der Waals surface area (Å²) in [5.74, 6) is -2.57. The monoisotopic (exact) mass is 437 g/mol. The second-order valence-corrected chi connectivity index (χ2v) is 7.83. The Morgan fingerprint density at radius 2 is 1.38 bits per heavy atom. The molecule has 2 aromatic carbocycles. The SMILES string of the molecule is O=C(O)/C=C/C(=O)O.O=C1O[C@H](c2ccccc2)[C@H](c2ccccc2)[C@@H]1CN1CCCC1. The minimum absolute atomic E-state index is 0.0513. The third kappa shape index (κ3) is 6.28. The number of rotatable bonds is 6. The second-order valence-electron chi connectivity index (χ2n) is 7.83. The lowest BCUT2D eigenvalue weighted by molar-refractivity contribution is -0.145. The van der Waals surface area contributed by atoms with E-state index >= 15 is 0 Å². The average Bonchev–Trinajstić information content (AvgIpc) is 3.42. The van der Waals surface area contributed by atoms with Crippen molar-refractivity contribution >= 4 is 17.9 Å². The van der Waals surface area contributed by atoms with Crippen molar-refractivity contribution in [2.75, 3.05) is 19.6 Å². The fourth-order valence-electron chi connectivity index (χ4n) is 4.22. The molecule has 0 unspecified atom stereocenters. The van der Waals surface area contributed by atoms with Gasteiger partial charge in [-0.2, -0.15) is 0 Å². The van der Waals surface area contributed by atoms with Crippen LogP contribution in [0.5, 0.6) is 0 Å². The van der Waals surface area contributed by atoms with Crippen LogP contribution < -0.4 is 0 Å². The zero-order valence-electron chi connectivity index (χ0n) is 17.7. The molecule has 2 heterocycles. The summed E-state index contributed by atoms with van der Waals surface area (Å²) in [4.78, 5) is 34.2. The van der Waals surface area contributed by atoms with E-state index in [1.54, 1.807) is 0 Å². The molecule has 2 fully saturated rings. The summed E-state index contributed by atoms with van der Waals surface area (Å²) in [7, 11) is 0. The van der Waals surface area contributed by atoms with Crippen LogP contribution in [0.2, 0.25) is 0 Å². The van der Waals surface area contributed by atoms with Crippen LogP contribution in [-0.4, -0.2) is 52.7 Å². The molecule has 32 heavy (non-hydrogen) atoms. The van der Waals surface area contributed by atoms with Crippen LogP contribution >= 0.6 is 0 Å². The first-order valence-electron chi connectivity index (χ1n) is 10.6. The number of carboxylic acid groups (broad SMARTS) is 2. The van der Waals surface area contributed by atoms with E-state index in [4.69, 9.17) is 14.9 Å². The summed E-state index contributed by atoms with van der Waals surface area (Å²) in [6.07, 6.45) is 3.40. The topological polar surface area (TPSA) is 104 Å². The van der Waals surface area contributed by atoms with Gasteiger partial charge in [0.05, 0.1) is 5.92 Å². The first-order valence-corrected chi connectivity index (χ1v) is 10.6. The Morgan fingerprint density at radius 3 is 1.88 bits per heavy atom. The van der Waals surface area contributed by atoms with Crippen molar-refractivity contribution < 1.29 is 29.3 Å². The number of hydrogen-bond acceptors (Lipinski definition) is 5. The number of carboxylic acids is 2. The largest absolute Gasteiger partial charge is 0.478 e. The minimum atomic E-state index is -1.26. The van der Waals surface area contributed by atoms with Crippen LogP contribution in [0.3, 0.4) is 0 Å². The lowest BCUT2D eigenvalue weighted by atomic mass is 9.81. The summed E-state index contributed by atoms with van der Waals surface area (Å²) < 4.78 is 5.87. The van der Waals surface area contributed by atoms with Gasteiger partial charge in [0, 0.05) is 24.6 Å². The molecule has 0 bridgehead atoms. The highest BCUT2D eigenvalue weighted by molar-refractivity contribution is 5.89. The smallest absolute Gasteiger partial charge is 0.328 e. The highest BCUT2D eigenvalue weighted by Crippen LogP contribution is 2.46.